The molecule has 2 N–H and O–H groups in total. The minimum atomic E-state index is -0.239. The fourth-order valence-corrected chi connectivity index (χ4v) is 5.14. The van der Waals surface area contributed by atoms with Gasteiger partial charge in [-0.3, -0.25) is 14.6 Å². The molecule has 4 heterocycles. The molecular formula is C20H21N7O2S2. The first kappa shape index (κ1) is 20.2. The second kappa shape index (κ2) is 9.18. The van der Waals surface area contributed by atoms with E-state index < -0.39 is 0 Å². The summed E-state index contributed by atoms with van der Waals surface area (Å²) in [4.78, 5) is 20.0. The molecule has 2 amide bonds. The first-order valence-corrected chi connectivity index (χ1v) is 11.6. The minimum absolute atomic E-state index is 0.239. The molecule has 9 nitrogen and oxygen atoms in total. The first-order valence-electron chi connectivity index (χ1n) is 9.98. The summed E-state index contributed by atoms with van der Waals surface area (Å²) in [6.45, 7) is 4.73. The van der Waals surface area contributed by atoms with Crippen LogP contribution in [0.2, 0.25) is 0 Å². The molecule has 3 aromatic heterocycles. The van der Waals surface area contributed by atoms with Crippen molar-refractivity contribution in [2.45, 2.75) is 10.1 Å². The molecular weight excluding hydrogens is 434 g/mol. The Morgan fingerprint density at radius 1 is 1.19 bits per heavy atom. The maximum absolute atomic E-state index is 12.2. The number of benzene rings is 1. The summed E-state index contributed by atoms with van der Waals surface area (Å²) in [5.74, 6) is 0. The SMILES string of the molecule is O=C(NCCN1CCOCC1)Nc1nc2ccc(Sc3nnc4ccccn34)cc2s1. The van der Waals surface area contributed by atoms with Gasteiger partial charge in [0.1, 0.15) is 0 Å². The van der Waals surface area contributed by atoms with Gasteiger partial charge < -0.3 is 10.1 Å². The summed E-state index contributed by atoms with van der Waals surface area (Å²) in [7, 11) is 0. The Labute approximate surface area is 186 Å². The Morgan fingerprint density at radius 3 is 3.00 bits per heavy atom. The van der Waals surface area contributed by atoms with Crippen molar-refractivity contribution in [1.82, 2.24) is 29.8 Å². The molecule has 0 aliphatic carbocycles. The van der Waals surface area contributed by atoms with Crippen LogP contribution in [0.3, 0.4) is 0 Å². The monoisotopic (exact) mass is 455 g/mol. The lowest BCUT2D eigenvalue weighted by Gasteiger charge is -2.26. The van der Waals surface area contributed by atoms with Crippen molar-refractivity contribution >= 4 is 50.1 Å². The highest BCUT2D eigenvalue weighted by Gasteiger charge is 2.12. The van der Waals surface area contributed by atoms with E-state index >= 15 is 0 Å². The van der Waals surface area contributed by atoms with Gasteiger partial charge in [0.05, 0.1) is 23.4 Å². The van der Waals surface area contributed by atoms with Crippen molar-refractivity contribution in [2.24, 2.45) is 0 Å². The van der Waals surface area contributed by atoms with Crippen LogP contribution in [-0.4, -0.2) is 69.9 Å². The van der Waals surface area contributed by atoms with Crippen LogP contribution < -0.4 is 10.6 Å². The zero-order valence-corrected chi connectivity index (χ0v) is 18.3. The number of carbonyl (C=O) groups is 1. The average Bonchev–Trinajstić information content (AvgIpc) is 3.38. The van der Waals surface area contributed by atoms with Crippen LogP contribution in [-0.2, 0) is 4.74 Å². The lowest BCUT2D eigenvalue weighted by atomic mass is 10.3. The summed E-state index contributed by atoms with van der Waals surface area (Å²) < 4.78 is 8.29. The van der Waals surface area contributed by atoms with E-state index in [2.05, 4.69) is 36.8 Å². The van der Waals surface area contributed by atoms with E-state index in [0.29, 0.717) is 11.7 Å². The molecule has 31 heavy (non-hydrogen) atoms. The van der Waals surface area contributed by atoms with Crippen molar-refractivity contribution in [3.05, 3.63) is 42.6 Å². The summed E-state index contributed by atoms with van der Waals surface area (Å²) in [6.07, 6.45) is 1.95. The minimum Gasteiger partial charge on any atom is -0.379 e. The maximum Gasteiger partial charge on any atom is 0.321 e. The number of pyridine rings is 1. The van der Waals surface area contributed by atoms with E-state index in [1.165, 1.54) is 11.3 Å². The lowest BCUT2D eigenvalue weighted by Crippen LogP contribution is -2.42. The van der Waals surface area contributed by atoms with Gasteiger partial charge in [-0.1, -0.05) is 17.4 Å². The third-order valence-corrected chi connectivity index (χ3v) is 6.77. The normalized spacial score (nSPS) is 14.8. The Hall–Kier alpha value is -2.73. The number of nitrogens with zero attached hydrogens (tertiary/aromatic N) is 5. The fourth-order valence-electron chi connectivity index (χ4n) is 3.31. The molecule has 1 aromatic carbocycles. The number of amides is 2. The Bertz CT molecular complexity index is 1200. The maximum atomic E-state index is 12.2. The molecule has 4 aromatic rings. The zero-order chi connectivity index (χ0) is 21.0. The largest absolute Gasteiger partial charge is 0.379 e. The number of hydrogen-bond acceptors (Lipinski definition) is 8. The molecule has 11 heteroatoms. The third-order valence-electron chi connectivity index (χ3n) is 4.89. The number of ether oxygens (including phenoxy) is 1. The number of morpholine rings is 1. The van der Waals surface area contributed by atoms with Gasteiger partial charge in [0.25, 0.3) is 0 Å². The second-order valence-corrected chi connectivity index (χ2v) is 9.07. The molecule has 1 fully saturated rings. The number of rotatable bonds is 6. The lowest BCUT2D eigenvalue weighted by molar-refractivity contribution is 0.0388. The van der Waals surface area contributed by atoms with E-state index in [-0.39, 0.29) is 6.03 Å². The second-order valence-electron chi connectivity index (χ2n) is 7.00. The zero-order valence-electron chi connectivity index (χ0n) is 16.7. The van der Waals surface area contributed by atoms with Gasteiger partial charge in [-0.05, 0) is 42.1 Å². The van der Waals surface area contributed by atoms with Gasteiger partial charge in [0, 0.05) is 37.3 Å². The van der Waals surface area contributed by atoms with Gasteiger partial charge >= 0.3 is 6.03 Å². The Balaban J connectivity index is 1.20. The summed E-state index contributed by atoms with van der Waals surface area (Å²) >= 11 is 2.99. The number of anilines is 1. The molecule has 0 spiro atoms. The van der Waals surface area contributed by atoms with Crippen molar-refractivity contribution in [3.63, 3.8) is 0 Å². The van der Waals surface area contributed by atoms with Crippen molar-refractivity contribution in [3.8, 4) is 0 Å². The first-order chi connectivity index (χ1) is 15.2. The number of nitrogens with one attached hydrogen (secondary N) is 2. The number of urea groups is 1. The molecule has 5 rings (SSSR count). The predicted octanol–water partition coefficient (Wildman–Crippen LogP) is 2.94. The van der Waals surface area contributed by atoms with E-state index in [1.54, 1.807) is 11.8 Å². The van der Waals surface area contributed by atoms with Crippen molar-refractivity contribution in [2.75, 3.05) is 44.7 Å². The third kappa shape index (κ3) is 4.79. The topological polar surface area (TPSA) is 96.7 Å². The molecule has 160 valence electrons. The van der Waals surface area contributed by atoms with E-state index in [0.717, 1.165) is 58.8 Å². The van der Waals surface area contributed by atoms with Crippen molar-refractivity contribution in [1.29, 1.82) is 0 Å². The van der Waals surface area contributed by atoms with Crippen LogP contribution in [0, 0.1) is 0 Å². The van der Waals surface area contributed by atoms with E-state index in [1.807, 2.05) is 40.9 Å². The quantitative estimate of drug-likeness (QED) is 0.461. The smallest absolute Gasteiger partial charge is 0.321 e. The van der Waals surface area contributed by atoms with E-state index in [9.17, 15) is 4.79 Å². The highest BCUT2D eigenvalue weighted by molar-refractivity contribution is 7.99. The van der Waals surface area contributed by atoms with Gasteiger partial charge in [-0.25, -0.2) is 9.78 Å². The standard InChI is InChI=1S/C20H21N7O2S2/c28-18(21-6-8-26-9-11-29-12-10-26)23-19-22-15-5-4-14(13-16(15)31-19)30-20-25-24-17-3-1-2-7-27(17)20/h1-5,7,13H,6,8-12H2,(H2,21,22,23,28). The molecule has 1 aliphatic rings. The molecule has 1 saturated heterocycles. The van der Waals surface area contributed by atoms with Gasteiger partial charge in [-0.2, -0.15) is 0 Å². The number of hydrogen-bond donors (Lipinski definition) is 2. The van der Waals surface area contributed by atoms with Crippen LogP contribution >= 0.6 is 23.1 Å². The highest BCUT2D eigenvalue weighted by atomic mass is 32.2. The Morgan fingerprint density at radius 2 is 2.10 bits per heavy atom. The van der Waals surface area contributed by atoms with Crippen LogP contribution in [0.25, 0.3) is 15.9 Å². The molecule has 0 saturated carbocycles. The van der Waals surface area contributed by atoms with Crippen molar-refractivity contribution < 1.29 is 9.53 Å². The summed E-state index contributed by atoms with van der Waals surface area (Å²) in [6, 6.07) is 11.6. The van der Waals surface area contributed by atoms with Crippen LogP contribution in [0.1, 0.15) is 0 Å². The molecule has 1 aliphatic heterocycles. The molecule has 0 atom stereocenters. The summed E-state index contributed by atoms with van der Waals surface area (Å²) in [5, 5.41) is 15.6. The number of fused-ring (bicyclic) bond motifs is 2. The highest BCUT2D eigenvalue weighted by Crippen LogP contribution is 2.33. The predicted molar refractivity (Wildman–Crippen MR) is 121 cm³/mol. The van der Waals surface area contributed by atoms with Gasteiger partial charge in [-0.15, -0.1) is 10.2 Å². The van der Waals surface area contributed by atoms with Crippen LogP contribution in [0.5, 0.6) is 0 Å². The van der Waals surface area contributed by atoms with E-state index in [4.69, 9.17) is 4.74 Å². The molecule has 0 unspecified atom stereocenters. The van der Waals surface area contributed by atoms with Gasteiger partial charge in [0.2, 0.25) is 0 Å². The van der Waals surface area contributed by atoms with Gasteiger partial charge in [0.15, 0.2) is 15.9 Å². The summed E-state index contributed by atoms with van der Waals surface area (Å²) in [5.41, 5.74) is 1.67. The Kier molecular flexibility index (Phi) is 5.98. The number of aromatic nitrogens is 4. The van der Waals surface area contributed by atoms with Crippen LogP contribution in [0.15, 0.2) is 52.6 Å². The molecule has 0 bridgehead atoms. The number of carbonyl (C=O) groups excluding carboxylic acids is 1. The average molecular weight is 456 g/mol. The fraction of sp³-hybridized carbons (Fsp3) is 0.300. The molecule has 0 radical (unpaired) electrons. The number of thiazole rings is 1. The van der Waals surface area contributed by atoms with Crippen LogP contribution in [0.4, 0.5) is 9.93 Å².